The Bertz CT molecular complexity index is 1570. The van der Waals surface area contributed by atoms with E-state index in [4.69, 9.17) is 4.74 Å². The number of alkyl halides is 2. The maximum Gasteiger partial charge on any atom is 0.377 e. The average Bonchev–Trinajstić information content (AvgIpc) is 3.27. The highest BCUT2D eigenvalue weighted by Gasteiger charge is 2.44. The van der Waals surface area contributed by atoms with E-state index in [1.54, 1.807) is 43.3 Å². The van der Waals surface area contributed by atoms with Gasteiger partial charge >= 0.3 is 17.1 Å². The van der Waals surface area contributed by atoms with Crippen molar-refractivity contribution in [3.63, 3.8) is 0 Å². The van der Waals surface area contributed by atoms with Crippen LogP contribution in [-0.2, 0) is 20.7 Å². The van der Waals surface area contributed by atoms with Gasteiger partial charge < -0.3 is 15.2 Å². The predicted molar refractivity (Wildman–Crippen MR) is 145 cm³/mol. The van der Waals surface area contributed by atoms with Crippen molar-refractivity contribution in [2.75, 3.05) is 6.61 Å². The third-order valence-corrected chi connectivity index (χ3v) is 7.16. The first-order chi connectivity index (χ1) is 18.6. The van der Waals surface area contributed by atoms with E-state index in [0.717, 1.165) is 0 Å². The van der Waals surface area contributed by atoms with Crippen molar-refractivity contribution in [3.05, 3.63) is 82.6 Å². The number of amides is 1. The zero-order chi connectivity index (χ0) is 28.2. The van der Waals surface area contributed by atoms with Gasteiger partial charge in [0.2, 0.25) is 0 Å². The fourth-order valence-corrected chi connectivity index (χ4v) is 5.24. The standard InChI is InChI=1S/C27H21BrF2N4O4S/c1-2-38-24(36)21(13-16-7-10-18(35)11-8-16)33-25(37)27(29,30)39-26-32-15-23(28)34(26)22-12-9-17(14-31)19-5-3-4-6-20(19)22/h3-12,15,21,35H,2,13H2,1H3,(H,33,37). The minimum atomic E-state index is -4.02. The van der Waals surface area contributed by atoms with E-state index in [2.05, 4.69) is 32.3 Å². The molecule has 8 nitrogen and oxygen atoms in total. The molecule has 39 heavy (non-hydrogen) atoms. The van der Waals surface area contributed by atoms with E-state index in [1.807, 2.05) is 0 Å². The number of halogens is 3. The Morgan fingerprint density at radius 2 is 1.87 bits per heavy atom. The van der Waals surface area contributed by atoms with Gasteiger partial charge in [-0.15, -0.1) is 0 Å². The van der Waals surface area contributed by atoms with Crippen LogP contribution >= 0.6 is 27.7 Å². The molecule has 1 amide bonds. The summed E-state index contributed by atoms with van der Waals surface area (Å²) in [6.07, 6.45) is 1.21. The molecule has 0 aliphatic heterocycles. The molecule has 0 aliphatic carbocycles. The third-order valence-electron chi connectivity index (χ3n) is 5.69. The second-order valence-electron chi connectivity index (χ2n) is 8.26. The SMILES string of the molecule is CCOC(=O)C(Cc1ccc(O)cc1)NC(=O)C(F)(F)Sc1ncc(Br)n1-c1ccc(C#N)c2ccccc12. The minimum Gasteiger partial charge on any atom is -0.508 e. The smallest absolute Gasteiger partial charge is 0.377 e. The molecular weight excluding hydrogens is 594 g/mol. The molecule has 0 aliphatic rings. The molecule has 0 bridgehead atoms. The van der Waals surface area contributed by atoms with Crippen molar-refractivity contribution >= 4 is 50.3 Å². The summed E-state index contributed by atoms with van der Waals surface area (Å²) < 4.78 is 37.3. The van der Waals surface area contributed by atoms with E-state index in [-0.39, 0.29) is 35.7 Å². The molecule has 0 fully saturated rings. The Labute approximate surface area is 234 Å². The molecule has 3 aromatic carbocycles. The Morgan fingerprint density at radius 1 is 1.18 bits per heavy atom. The number of nitriles is 1. The molecule has 0 saturated carbocycles. The van der Waals surface area contributed by atoms with Gasteiger partial charge in [0.15, 0.2) is 5.16 Å². The van der Waals surface area contributed by atoms with Crippen LogP contribution in [0.2, 0.25) is 0 Å². The number of thioether (sulfide) groups is 1. The van der Waals surface area contributed by atoms with Crippen molar-refractivity contribution in [1.29, 1.82) is 5.26 Å². The molecule has 0 saturated heterocycles. The van der Waals surface area contributed by atoms with E-state index < -0.39 is 23.2 Å². The van der Waals surface area contributed by atoms with Crippen LogP contribution in [0.1, 0.15) is 18.1 Å². The maximum atomic E-state index is 15.3. The number of benzene rings is 3. The number of rotatable bonds is 9. The number of phenols is 1. The highest BCUT2D eigenvalue weighted by Crippen LogP contribution is 2.39. The number of ether oxygens (including phenoxy) is 1. The summed E-state index contributed by atoms with van der Waals surface area (Å²) in [4.78, 5) is 29.3. The summed E-state index contributed by atoms with van der Waals surface area (Å²) in [5.74, 6) is -2.57. The van der Waals surface area contributed by atoms with Gasteiger partial charge in [-0.1, -0.05) is 36.4 Å². The lowest BCUT2D eigenvalue weighted by atomic mass is 10.0. The number of hydrogen-bond acceptors (Lipinski definition) is 7. The van der Waals surface area contributed by atoms with Gasteiger partial charge in [-0.05, 0) is 64.4 Å². The Hall–Kier alpha value is -3.95. The Kier molecular flexibility index (Phi) is 8.52. The Balaban J connectivity index is 1.62. The molecule has 12 heteroatoms. The van der Waals surface area contributed by atoms with Crippen molar-refractivity contribution in [2.45, 2.75) is 29.8 Å². The first-order valence-electron chi connectivity index (χ1n) is 11.6. The second-order valence-corrected chi connectivity index (χ2v) is 10.2. The van der Waals surface area contributed by atoms with Gasteiger partial charge in [0.05, 0.1) is 30.1 Å². The van der Waals surface area contributed by atoms with Crippen LogP contribution in [-0.4, -0.2) is 44.4 Å². The number of hydrogen-bond donors (Lipinski definition) is 2. The molecule has 2 N–H and O–H groups in total. The fraction of sp³-hybridized carbons (Fsp3) is 0.185. The van der Waals surface area contributed by atoms with Crippen LogP contribution in [0.3, 0.4) is 0 Å². The van der Waals surface area contributed by atoms with E-state index >= 15 is 8.78 Å². The Morgan fingerprint density at radius 3 is 2.54 bits per heavy atom. The maximum absolute atomic E-state index is 15.3. The molecule has 4 aromatic rings. The van der Waals surface area contributed by atoms with E-state index in [0.29, 0.717) is 32.2 Å². The summed E-state index contributed by atoms with van der Waals surface area (Å²) in [6.45, 7) is 1.56. The van der Waals surface area contributed by atoms with Gasteiger partial charge in [-0.3, -0.25) is 9.36 Å². The topological polar surface area (TPSA) is 117 Å². The van der Waals surface area contributed by atoms with E-state index in [9.17, 15) is 20.0 Å². The summed E-state index contributed by atoms with van der Waals surface area (Å²) in [5.41, 5.74) is 1.42. The molecule has 1 atom stereocenters. The van der Waals surface area contributed by atoms with Crippen molar-refractivity contribution in [1.82, 2.24) is 14.9 Å². The molecule has 1 unspecified atom stereocenters. The van der Waals surface area contributed by atoms with Gasteiger partial charge in [0, 0.05) is 17.2 Å². The zero-order valence-corrected chi connectivity index (χ0v) is 22.8. The number of aromatic nitrogens is 2. The van der Waals surface area contributed by atoms with Crippen LogP contribution in [0.15, 0.2) is 76.6 Å². The number of nitrogens with zero attached hydrogens (tertiary/aromatic N) is 3. The monoisotopic (exact) mass is 614 g/mol. The number of esters is 1. The summed E-state index contributed by atoms with van der Waals surface area (Å²) in [6, 6.07) is 16.7. The second kappa shape index (κ2) is 11.8. The summed E-state index contributed by atoms with van der Waals surface area (Å²) in [7, 11) is 0. The normalized spacial score (nSPS) is 12.1. The predicted octanol–water partition coefficient (Wildman–Crippen LogP) is 5.34. The molecule has 4 rings (SSSR count). The lowest BCUT2D eigenvalue weighted by Crippen LogP contribution is -2.49. The van der Waals surface area contributed by atoms with Crippen molar-refractivity contribution in [2.24, 2.45) is 0 Å². The van der Waals surface area contributed by atoms with Crippen LogP contribution in [0, 0.1) is 11.3 Å². The largest absolute Gasteiger partial charge is 0.508 e. The number of fused-ring (bicyclic) bond motifs is 1. The number of imidazole rings is 1. The van der Waals surface area contributed by atoms with Gasteiger partial charge in [-0.2, -0.15) is 14.0 Å². The molecule has 0 radical (unpaired) electrons. The molecule has 0 spiro atoms. The highest BCUT2D eigenvalue weighted by atomic mass is 79.9. The number of phenolic OH excluding ortho intramolecular Hbond substituents is 1. The lowest BCUT2D eigenvalue weighted by molar-refractivity contribution is -0.149. The van der Waals surface area contributed by atoms with Gasteiger partial charge in [0.25, 0.3) is 0 Å². The highest BCUT2D eigenvalue weighted by molar-refractivity contribution is 9.10. The number of carbonyl (C=O) groups is 2. The lowest BCUT2D eigenvalue weighted by Gasteiger charge is -2.21. The molecular formula is C27H21BrF2N4O4S. The van der Waals surface area contributed by atoms with Crippen LogP contribution in [0.25, 0.3) is 16.5 Å². The van der Waals surface area contributed by atoms with Gasteiger partial charge in [-0.25, -0.2) is 9.78 Å². The van der Waals surface area contributed by atoms with Gasteiger partial charge in [0.1, 0.15) is 16.4 Å². The summed E-state index contributed by atoms with van der Waals surface area (Å²) >= 11 is 3.25. The number of carbonyl (C=O) groups excluding carboxylic acids is 2. The average molecular weight is 615 g/mol. The number of aromatic hydroxyl groups is 1. The third kappa shape index (κ3) is 6.21. The molecule has 1 aromatic heterocycles. The van der Waals surface area contributed by atoms with Crippen LogP contribution < -0.4 is 5.32 Å². The quantitative estimate of drug-likeness (QED) is 0.193. The van der Waals surface area contributed by atoms with Crippen molar-refractivity contribution < 1.29 is 28.2 Å². The summed E-state index contributed by atoms with van der Waals surface area (Å²) in [5, 5.41) is 18.1. The zero-order valence-electron chi connectivity index (χ0n) is 20.4. The number of nitrogens with one attached hydrogen (secondary N) is 1. The molecule has 1 heterocycles. The first kappa shape index (κ1) is 28.1. The minimum absolute atomic E-state index is 0.00403. The van der Waals surface area contributed by atoms with Crippen molar-refractivity contribution in [3.8, 4) is 17.5 Å². The molecule has 200 valence electrons. The fourth-order valence-electron chi connectivity index (χ4n) is 3.89. The van der Waals surface area contributed by atoms with Crippen LogP contribution in [0.4, 0.5) is 8.78 Å². The van der Waals surface area contributed by atoms with Crippen LogP contribution in [0.5, 0.6) is 5.75 Å². The first-order valence-corrected chi connectivity index (χ1v) is 13.2. The van der Waals surface area contributed by atoms with E-state index in [1.165, 1.54) is 35.0 Å².